The van der Waals surface area contributed by atoms with Crippen LogP contribution in [-0.4, -0.2) is 5.91 Å². The van der Waals surface area contributed by atoms with E-state index in [-0.39, 0.29) is 11.8 Å². The fourth-order valence-corrected chi connectivity index (χ4v) is 2.48. The van der Waals surface area contributed by atoms with Gasteiger partial charge in [0.2, 0.25) is 5.91 Å². The fourth-order valence-electron chi connectivity index (χ4n) is 1.36. The van der Waals surface area contributed by atoms with Gasteiger partial charge in [-0.05, 0) is 24.4 Å². The first kappa shape index (κ1) is 9.21. The molecule has 0 bridgehead atoms. The van der Waals surface area contributed by atoms with Crippen molar-refractivity contribution in [2.45, 2.75) is 12.8 Å². The minimum absolute atomic E-state index is 0.188. The normalized spacial score (nSPS) is 12.9. The predicted octanol–water partition coefficient (Wildman–Crippen LogP) is 2.49. The van der Waals surface area contributed by atoms with Gasteiger partial charge < -0.3 is 5.73 Å². The third-order valence-corrected chi connectivity index (χ3v) is 3.60. The van der Waals surface area contributed by atoms with Crippen LogP contribution >= 0.6 is 11.3 Å². The van der Waals surface area contributed by atoms with E-state index in [1.54, 1.807) is 11.3 Å². The summed E-state index contributed by atoms with van der Waals surface area (Å²) >= 11 is 1.63. The van der Waals surface area contributed by atoms with E-state index in [4.69, 9.17) is 5.73 Å². The van der Waals surface area contributed by atoms with Crippen molar-refractivity contribution in [1.29, 1.82) is 0 Å². The number of nitrogens with two attached hydrogens (primary N) is 1. The molecule has 0 spiro atoms. The number of carbonyl (C=O) groups excluding carboxylic acids is 1. The molecule has 72 valence electrons. The van der Waals surface area contributed by atoms with Crippen LogP contribution in [0.25, 0.3) is 10.1 Å². The Morgan fingerprint density at radius 1 is 1.43 bits per heavy atom. The van der Waals surface area contributed by atoms with E-state index in [9.17, 15) is 4.79 Å². The molecule has 0 saturated heterocycles. The molecule has 0 saturated carbocycles. The van der Waals surface area contributed by atoms with E-state index in [0.29, 0.717) is 0 Å². The summed E-state index contributed by atoms with van der Waals surface area (Å²) in [5.41, 5.74) is 5.26. The number of thiophene rings is 1. The molecule has 2 aromatic rings. The Hall–Kier alpha value is -1.35. The minimum atomic E-state index is -0.267. The first-order chi connectivity index (χ1) is 6.68. The van der Waals surface area contributed by atoms with Gasteiger partial charge in [-0.2, -0.15) is 0 Å². The van der Waals surface area contributed by atoms with Crippen LogP contribution in [0.2, 0.25) is 0 Å². The van der Waals surface area contributed by atoms with Crippen molar-refractivity contribution in [2.75, 3.05) is 0 Å². The zero-order chi connectivity index (χ0) is 10.1. The summed E-state index contributed by atoms with van der Waals surface area (Å²) in [5.74, 6) is -0.455. The van der Waals surface area contributed by atoms with Crippen LogP contribution in [0.1, 0.15) is 17.7 Å². The SMILES string of the molecule is C[C@H](C(N)=O)c1cc2ccccc2s1. The van der Waals surface area contributed by atoms with E-state index < -0.39 is 0 Å². The third-order valence-electron chi connectivity index (χ3n) is 2.30. The predicted molar refractivity (Wildman–Crippen MR) is 59.4 cm³/mol. The molecular weight excluding hydrogens is 194 g/mol. The van der Waals surface area contributed by atoms with Gasteiger partial charge in [-0.3, -0.25) is 4.79 Å². The molecule has 2 N–H and O–H groups in total. The van der Waals surface area contributed by atoms with E-state index in [1.165, 1.54) is 10.1 Å². The van der Waals surface area contributed by atoms with Gasteiger partial charge in [0.25, 0.3) is 0 Å². The number of fused-ring (bicyclic) bond motifs is 1. The molecule has 1 atom stereocenters. The van der Waals surface area contributed by atoms with E-state index >= 15 is 0 Å². The van der Waals surface area contributed by atoms with Crippen LogP contribution < -0.4 is 5.73 Å². The second-order valence-corrected chi connectivity index (χ2v) is 4.43. The number of primary amides is 1. The molecule has 0 aliphatic carbocycles. The number of benzene rings is 1. The average molecular weight is 205 g/mol. The van der Waals surface area contributed by atoms with Crippen molar-refractivity contribution < 1.29 is 4.79 Å². The molecular formula is C11H11NOS. The Balaban J connectivity index is 2.50. The van der Waals surface area contributed by atoms with Crippen LogP contribution in [0.3, 0.4) is 0 Å². The maximum Gasteiger partial charge on any atom is 0.225 e. The van der Waals surface area contributed by atoms with Crippen LogP contribution in [0, 0.1) is 0 Å². The highest BCUT2D eigenvalue weighted by molar-refractivity contribution is 7.19. The molecule has 2 nitrogen and oxygen atoms in total. The lowest BCUT2D eigenvalue weighted by Crippen LogP contribution is -2.17. The Morgan fingerprint density at radius 2 is 2.14 bits per heavy atom. The number of rotatable bonds is 2. The molecule has 1 aromatic carbocycles. The van der Waals surface area contributed by atoms with Gasteiger partial charge in [0.15, 0.2) is 0 Å². The minimum Gasteiger partial charge on any atom is -0.369 e. The fraction of sp³-hybridized carbons (Fsp3) is 0.182. The molecule has 14 heavy (non-hydrogen) atoms. The smallest absolute Gasteiger partial charge is 0.225 e. The molecule has 0 radical (unpaired) electrons. The maximum atomic E-state index is 11.0. The molecule has 0 aliphatic rings. The second kappa shape index (κ2) is 3.42. The highest BCUT2D eigenvalue weighted by Crippen LogP contribution is 2.30. The van der Waals surface area contributed by atoms with Crippen LogP contribution in [-0.2, 0) is 4.79 Å². The molecule has 0 aliphatic heterocycles. The van der Waals surface area contributed by atoms with Crippen molar-refractivity contribution in [2.24, 2.45) is 5.73 Å². The highest BCUT2D eigenvalue weighted by atomic mass is 32.1. The van der Waals surface area contributed by atoms with Gasteiger partial charge in [-0.25, -0.2) is 0 Å². The van der Waals surface area contributed by atoms with Crippen molar-refractivity contribution in [1.82, 2.24) is 0 Å². The molecule has 1 amide bonds. The van der Waals surface area contributed by atoms with Crippen molar-refractivity contribution >= 4 is 27.3 Å². The Kier molecular flexibility index (Phi) is 2.25. The van der Waals surface area contributed by atoms with Gasteiger partial charge in [0.05, 0.1) is 5.92 Å². The van der Waals surface area contributed by atoms with Gasteiger partial charge >= 0.3 is 0 Å². The maximum absolute atomic E-state index is 11.0. The summed E-state index contributed by atoms with van der Waals surface area (Å²) in [4.78, 5) is 12.0. The first-order valence-electron chi connectivity index (χ1n) is 4.46. The molecule has 1 aromatic heterocycles. The van der Waals surface area contributed by atoms with Crippen molar-refractivity contribution in [3.8, 4) is 0 Å². The lowest BCUT2D eigenvalue weighted by atomic mass is 10.1. The lowest BCUT2D eigenvalue weighted by Gasteiger charge is -2.01. The zero-order valence-electron chi connectivity index (χ0n) is 7.86. The standard InChI is InChI=1S/C11H11NOS/c1-7(11(12)13)10-6-8-4-2-3-5-9(8)14-10/h2-7H,1H3,(H2,12,13)/t7-/m0/s1. The number of amides is 1. The monoisotopic (exact) mass is 205 g/mol. The molecule has 2 rings (SSSR count). The number of hydrogen-bond donors (Lipinski definition) is 1. The van der Waals surface area contributed by atoms with E-state index in [2.05, 4.69) is 6.07 Å². The van der Waals surface area contributed by atoms with Crippen LogP contribution in [0.5, 0.6) is 0 Å². The summed E-state index contributed by atoms with van der Waals surface area (Å²) < 4.78 is 1.20. The molecule has 1 heterocycles. The molecule has 0 fully saturated rings. The second-order valence-electron chi connectivity index (χ2n) is 3.31. The number of hydrogen-bond acceptors (Lipinski definition) is 2. The molecule has 3 heteroatoms. The largest absolute Gasteiger partial charge is 0.369 e. The summed E-state index contributed by atoms with van der Waals surface area (Å²) in [6.45, 7) is 1.84. The van der Waals surface area contributed by atoms with E-state index in [0.717, 1.165) is 4.88 Å². The van der Waals surface area contributed by atoms with Gasteiger partial charge in [0, 0.05) is 9.58 Å². The zero-order valence-corrected chi connectivity index (χ0v) is 8.67. The van der Waals surface area contributed by atoms with Gasteiger partial charge in [-0.15, -0.1) is 11.3 Å². The number of carbonyl (C=O) groups is 1. The van der Waals surface area contributed by atoms with Crippen LogP contribution in [0.15, 0.2) is 30.3 Å². The van der Waals surface area contributed by atoms with Crippen molar-refractivity contribution in [3.63, 3.8) is 0 Å². The lowest BCUT2D eigenvalue weighted by molar-refractivity contribution is -0.119. The Labute approximate surface area is 86.3 Å². The Morgan fingerprint density at radius 3 is 2.79 bits per heavy atom. The van der Waals surface area contributed by atoms with Crippen molar-refractivity contribution in [3.05, 3.63) is 35.2 Å². The highest BCUT2D eigenvalue weighted by Gasteiger charge is 2.14. The Bertz CT molecular complexity index is 442. The summed E-state index contributed by atoms with van der Waals surface area (Å²) in [7, 11) is 0. The topological polar surface area (TPSA) is 43.1 Å². The first-order valence-corrected chi connectivity index (χ1v) is 5.28. The summed E-state index contributed by atoms with van der Waals surface area (Å²) in [5, 5.41) is 1.18. The average Bonchev–Trinajstić information content (AvgIpc) is 2.59. The third kappa shape index (κ3) is 1.51. The van der Waals surface area contributed by atoms with Gasteiger partial charge in [0.1, 0.15) is 0 Å². The van der Waals surface area contributed by atoms with Crippen LogP contribution in [0.4, 0.5) is 0 Å². The summed E-state index contributed by atoms with van der Waals surface area (Å²) in [6.07, 6.45) is 0. The summed E-state index contributed by atoms with van der Waals surface area (Å²) in [6, 6.07) is 10.1. The van der Waals surface area contributed by atoms with E-state index in [1.807, 2.05) is 31.2 Å². The molecule has 0 unspecified atom stereocenters. The van der Waals surface area contributed by atoms with Gasteiger partial charge in [-0.1, -0.05) is 18.2 Å². The quantitative estimate of drug-likeness (QED) is 0.804.